The van der Waals surface area contributed by atoms with Crippen molar-refractivity contribution in [2.45, 2.75) is 19.4 Å². The molecule has 0 bridgehead atoms. The van der Waals surface area contributed by atoms with Crippen molar-refractivity contribution in [2.75, 3.05) is 13.2 Å². The fraction of sp³-hybridized carbons (Fsp3) is 0.455. The summed E-state index contributed by atoms with van der Waals surface area (Å²) in [5.74, 6) is 5.17. The normalized spacial score (nSPS) is 12.8. The van der Waals surface area contributed by atoms with Gasteiger partial charge in [0.15, 0.2) is 0 Å². The molecule has 0 aliphatic carbocycles. The molecule has 1 aromatic carbocycles. The highest BCUT2D eigenvalue weighted by Crippen LogP contribution is 2.24. The summed E-state index contributed by atoms with van der Waals surface area (Å²) in [6.45, 7) is 3.20. The van der Waals surface area contributed by atoms with Gasteiger partial charge in [0.05, 0.1) is 12.6 Å². The number of hydrogen-bond donors (Lipinski definition) is 2. The zero-order valence-electron chi connectivity index (χ0n) is 9.17. The monoisotopic (exact) mass is 290 g/mol. The molecule has 90 valence electrons. The highest BCUT2D eigenvalue weighted by atomic mass is 79.9. The van der Waals surface area contributed by atoms with Crippen LogP contribution in [0.5, 0.6) is 0 Å². The molecule has 1 aromatic rings. The summed E-state index contributed by atoms with van der Waals surface area (Å²) < 4.78 is 19.0. The van der Waals surface area contributed by atoms with Crippen LogP contribution in [0.15, 0.2) is 22.7 Å². The third-order valence-electron chi connectivity index (χ3n) is 2.17. The van der Waals surface area contributed by atoms with E-state index in [4.69, 9.17) is 10.6 Å². The first kappa shape index (κ1) is 13.6. The molecule has 0 heterocycles. The molecule has 1 atom stereocenters. The van der Waals surface area contributed by atoms with Gasteiger partial charge in [-0.3, -0.25) is 11.3 Å². The fourth-order valence-electron chi connectivity index (χ4n) is 1.36. The number of halogens is 2. The van der Waals surface area contributed by atoms with Crippen LogP contribution in [-0.4, -0.2) is 13.2 Å². The van der Waals surface area contributed by atoms with Crippen LogP contribution in [0.1, 0.15) is 24.9 Å². The minimum atomic E-state index is -0.277. The van der Waals surface area contributed by atoms with Crippen molar-refractivity contribution in [1.29, 1.82) is 0 Å². The maximum Gasteiger partial charge on any atom is 0.124 e. The molecule has 0 aliphatic heterocycles. The summed E-state index contributed by atoms with van der Waals surface area (Å²) in [7, 11) is 0. The Morgan fingerprint density at radius 1 is 1.56 bits per heavy atom. The molecule has 0 fully saturated rings. The van der Waals surface area contributed by atoms with Gasteiger partial charge in [-0.2, -0.15) is 0 Å². The van der Waals surface area contributed by atoms with Gasteiger partial charge in [-0.15, -0.1) is 0 Å². The molecular weight excluding hydrogens is 275 g/mol. The minimum Gasteiger partial charge on any atom is -0.379 e. The summed E-state index contributed by atoms with van der Waals surface area (Å²) in [5, 5.41) is 0. The fourth-order valence-corrected chi connectivity index (χ4v) is 1.98. The molecule has 1 unspecified atom stereocenters. The van der Waals surface area contributed by atoms with Crippen molar-refractivity contribution >= 4 is 15.9 Å². The van der Waals surface area contributed by atoms with Crippen molar-refractivity contribution in [3.05, 3.63) is 34.1 Å². The van der Waals surface area contributed by atoms with Gasteiger partial charge in [0.1, 0.15) is 5.82 Å². The van der Waals surface area contributed by atoms with Crippen LogP contribution in [0, 0.1) is 5.82 Å². The molecule has 16 heavy (non-hydrogen) atoms. The molecule has 0 amide bonds. The third kappa shape index (κ3) is 3.83. The maximum absolute atomic E-state index is 12.9. The first-order valence-corrected chi connectivity index (χ1v) is 5.97. The number of ether oxygens (including phenoxy) is 1. The van der Waals surface area contributed by atoms with Gasteiger partial charge in [-0.05, 0) is 24.1 Å². The third-order valence-corrected chi connectivity index (χ3v) is 2.86. The van der Waals surface area contributed by atoms with Crippen LogP contribution < -0.4 is 11.3 Å². The van der Waals surface area contributed by atoms with E-state index in [-0.39, 0.29) is 11.9 Å². The van der Waals surface area contributed by atoms with Crippen LogP contribution in [0.4, 0.5) is 4.39 Å². The Balaban J connectivity index is 2.70. The van der Waals surface area contributed by atoms with E-state index >= 15 is 0 Å². The Bertz CT molecular complexity index is 336. The van der Waals surface area contributed by atoms with Crippen molar-refractivity contribution in [3.63, 3.8) is 0 Å². The lowest BCUT2D eigenvalue weighted by Crippen LogP contribution is -2.31. The summed E-state index contributed by atoms with van der Waals surface area (Å²) in [4.78, 5) is 0. The van der Waals surface area contributed by atoms with E-state index in [0.717, 1.165) is 12.0 Å². The zero-order valence-corrected chi connectivity index (χ0v) is 10.8. The topological polar surface area (TPSA) is 47.3 Å². The van der Waals surface area contributed by atoms with Crippen LogP contribution in [-0.2, 0) is 4.74 Å². The molecule has 3 nitrogen and oxygen atoms in total. The molecule has 0 radical (unpaired) electrons. The lowest BCUT2D eigenvalue weighted by atomic mass is 10.1. The van der Waals surface area contributed by atoms with Crippen LogP contribution >= 0.6 is 15.9 Å². The van der Waals surface area contributed by atoms with Gasteiger partial charge in [-0.1, -0.05) is 28.9 Å². The molecule has 0 aliphatic rings. The largest absolute Gasteiger partial charge is 0.379 e. The molecule has 3 N–H and O–H groups in total. The lowest BCUT2D eigenvalue weighted by molar-refractivity contribution is 0.112. The number of nitrogens with one attached hydrogen (secondary N) is 1. The van der Waals surface area contributed by atoms with Crippen molar-refractivity contribution in [1.82, 2.24) is 5.43 Å². The summed E-state index contributed by atoms with van der Waals surface area (Å²) >= 11 is 3.31. The average Bonchev–Trinajstić information content (AvgIpc) is 2.26. The van der Waals surface area contributed by atoms with E-state index < -0.39 is 0 Å². The van der Waals surface area contributed by atoms with E-state index in [1.54, 1.807) is 6.07 Å². The van der Waals surface area contributed by atoms with E-state index in [2.05, 4.69) is 21.4 Å². The van der Waals surface area contributed by atoms with E-state index in [0.29, 0.717) is 17.7 Å². The predicted molar refractivity (Wildman–Crippen MR) is 65.3 cm³/mol. The van der Waals surface area contributed by atoms with Gasteiger partial charge >= 0.3 is 0 Å². The molecular formula is C11H16BrFN2O. The molecule has 0 saturated heterocycles. The molecule has 0 saturated carbocycles. The molecule has 0 spiro atoms. The Hall–Kier alpha value is -0.490. The second-order valence-electron chi connectivity index (χ2n) is 3.46. The van der Waals surface area contributed by atoms with Crippen molar-refractivity contribution in [3.8, 4) is 0 Å². The predicted octanol–water partition coefficient (Wildman–Crippen LogP) is 2.52. The summed E-state index contributed by atoms with van der Waals surface area (Å²) in [6, 6.07) is 4.38. The number of nitrogens with two attached hydrogens (primary N) is 1. The number of rotatable bonds is 6. The Morgan fingerprint density at radius 3 is 2.88 bits per heavy atom. The van der Waals surface area contributed by atoms with Crippen molar-refractivity contribution < 1.29 is 9.13 Å². The highest BCUT2D eigenvalue weighted by Gasteiger charge is 2.13. The molecule has 5 heteroatoms. The summed E-state index contributed by atoms with van der Waals surface area (Å²) in [6.07, 6.45) is 0.960. The van der Waals surface area contributed by atoms with Gasteiger partial charge in [0.25, 0.3) is 0 Å². The van der Waals surface area contributed by atoms with Gasteiger partial charge < -0.3 is 4.74 Å². The Kier molecular flexibility index (Phi) is 5.90. The van der Waals surface area contributed by atoms with Crippen LogP contribution in [0.25, 0.3) is 0 Å². The van der Waals surface area contributed by atoms with E-state index in [1.807, 2.05) is 6.92 Å². The SMILES string of the molecule is CCCOCC(NN)c1ccc(F)cc1Br. The van der Waals surface area contributed by atoms with Gasteiger partial charge in [0.2, 0.25) is 0 Å². The lowest BCUT2D eigenvalue weighted by Gasteiger charge is -2.17. The average molecular weight is 291 g/mol. The van der Waals surface area contributed by atoms with Gasteiger partial charge in [-0.25, -0.2) is 4.39 Å². The van der Waals surface area contributed by atoms with E-state index in [9.17, 15) is 4.39 Å². The van der Waals surface area contributed by atoms with E-state index in [1.165, 1.54) is 12.1 Å². The standard InChI is InChI=1S/C11H16BrFN2O/c1-2-5-16-7-11(15-14)9-4-3-8(13)6-10(9)12/h3-4,6,11,15H,2,5,7,14H2,1H3. The molecule has 1 rings (SSSR count). The maximum atomic E-state index is 12.9. The summed E-state index contributed by atoms with van der Waals surface area (Å²) in [5.41, 5.74) is 3.55. The van der Waals surface area contributed by atoms with Gasteiger partial charge in [0, 0.05) is 11.1 Å². The molecule has 0 aromatic heterocycles. The van der Waals surface area contributed by atoms with Crippen molar-refractivity contribution in [2.24, 2.45) is 5.84 Å². The Labute approximate surface area is 103 Å². The second kappa shape index (κ2) is 6.96. The van der Waals surface area contributed by atoms with Crippen LogP contribution in [0.3, 0.4) is 0 Å². The quantitative estimate of drug-likeness (QED) is 0.481. The number of benzene rings is 1. The zero-order chi connectivity index (χ0) is 12.0. The second-order valence-corrected chi connectivity index (χ2v) is 4.31. The first-order valence-electron chi connectivity index (χ1n) is 5.17. The Morgan fingerprint density at radius 2 is 2.31 bits per heavy atom. The minimum absolute atomic E-state index is 0.137. The smallest absolute Gasteiger partial charge is 0.124 e. The van der Waals surface area contributed by atoms with Crippen LogP contribution in [0.2, 0.25) is 0 Å². The highest BCUT2D eigenvalue weighted by molar-refractivity contribution is 9.10. The number of hydrogen-bond acceptors (Lipinski definition) is 3. The number of hydrazine groups is 1. The first-order chi connectivity index (χ1) is 7.69.